The van der Waals surface area contributed by atoms with Gasteiger partial charge in [0.25, 0.3) is 0 Å². The van der Waals surface area contributed by atoms with E-state index >= 15 is 0 Å². The highest BCUT2D eigenvalue weighted by Crippen LogP contribution is 2.19. The van der Waals surface area contributed by atoms with Gasteiger partial charge in [0.1, 0.15) is 6.10 Å². The summed E-state index contributed by atoms with van der Waals surface area (Å²) in [5, 5.41) is 0. The zero-order chi connectivity index (χ0) is 13.9. The van der Waals surface area contributed by atoms with Crippen LogP contribution >= 0.6 is 0 Å². The van der Waals surface area contributed by atoms with Gasteiger partial charge in [-0.05, 0) is 31.9 Å². The first kappa shape index (κ1) is 14.2. The molecule has 1 aromatic rings. The van der Waals surface area contributed by atoms with E-state index in [4.69, 9.17) is 4.74 Å². The molecule has 1 aromatic carbocycles. The summed E-state index contributed by atoms with van der Waals surface area (Å²) in [5.74, 6) is -0.371. The number of benzene rings is 1. The van der Waals surface area contributed by atoms with Gasteiger partial charge in [-0.25, -0.2) is 8.42 Å². The predicted octanol–water partition coefficient (Wildman–Crippen LogP) is 1.99. The van der Waals surface area contributed by atoms with Gasteiger partial charge in [0.2, 0.25) is 0 Å². The second-order valence-electron chi connectivity index (χ2n) is 4.89. The minimum atomic E-state index is -3.48. The van der Waals surface area contributed by atoms with Crippen molar-refractivity contribution in [3.63, 3.8) is 0 Å². The van der Waals surface area contributed by atoms with Gasteiger partial charge >= 0.3 is 0 Å². The summed E-state index contributed by atoms with van der Waals surface area (Å²) in [6.07, 6.45) is 1.07. The largest absolute Gasteiger partial charge is 0.366 e. The Morgan fingerprint density at radius 2 is 1.95 bits per heavy atom. The zero-order valence-electron chi connectivity index (χ0n) is 10.9. The van der Waals surface area contributed by atoms with E-state index in [-0.39, 0.29) is 22.5 Å². The van der Waals surface area contributed by atoms with Gasteiger partial charge in [-0.15, -0.1) is 0 Å². The van der Waals surface area contributed by atoms with Crippen molar-refractivity contribution >= 4 is 15.6 Å². The van der Waals surface area contributed by atoms with E-state index in [2.05, 4.69) is 0 Å². The molecular formula is C14H18O4S. The molecule has 0 aromatic heterocycles. The third-order valence-corrected chi connectivity index (χ3v) is 4.99. The molecule has 104 valence electrons. The monoisotopic (exact) mass is 282 g/mol. The molecule has 0 bridgehead atoms. The Bertz CT molecular complexity index is 536. The van der Waals surface area contributed by atoms with Crippen LogP contribution < -0.4 is 0 Å². The molecule has 5 heteroatoms. The lowest BCUT2D eigenvalue weighted by molar-refractivity contribution is -0.129. The van der Waals surface area contributed by atoms with E-state index in [1.807, 2.05) is 6.92 Å². The molecule has 2 rings (SSSR count). The molecule has 1 fully saturated rings. The van der Waals surface area contributed by atoms with Crippen molar-refractivity contribution in [3.05, 3.63) is 30.3 Å². The molecule has 4 nitrogen and oxygen atoms in total. The quantitative estimate of drug-likeness (QED) is 0.850. The van der Waals surface area contributed by atoms with Crippen LogP contribution in [0.1, 0.15) is 26.2 Å². The second kappa shape index (κ2) is 5.84. The lowest BCUT2D eigenvalue weighted by Gasteiger charge is -2.17. The van der Waals surface area contributed by atoms with Crippen molar-refractivity contribution < 1.29 is 17.9 Å². The van der Waals surface area contributed by atoms with Gasteiger partial charge in [0.15, 0.2) is 15.6 Å². The van der Waals surface area contributed by atoms with E-state index in [9.17, 15) is 13.2 Å². The molecule has 0 radical (unpaired) electrons. The summed E-state index contributed by atoms with van der Waals surface area (Å²) in [7, 11) is -3.48. The van der Waals surface area contributed by atoms with Crippen LogP contribution in [0.25, 0.3) is 0 Å². The summed E-state index contributed by atoms with van der Waals surface area (Å²) in [6.45, 7) is 1.88. The maximum Gasteiger partial charge on any atom is 0.181 e. The zero-order valence-corrected chi connectivity index (χ0v) is 11.7. The molecule has 0 saturated carbocycles. The Labute approximate surface area is 113 Å². The molecule has 0 aliphatic carbocycles. The van der Waals surface area contributed by atoms with Crippen molar-refractivity contribution in [2.24, 2.45) is 0 Å². The molecule has 1 aliphatic heterocycles. The van der Waals surface area contributed by atoms with Crippen LogP contribution in [0.15, 0.2) is 35.2 Å². The lowest BCUT2D eigenvalue weighted by atomic mass is 10.1. The minimum absolute atomic E-state index is 0.0672. The van der Waals surface area contributed by atoms with Crippen LogP contribution in [0, 0.1) is 0 Å². The third kappa shape index (κ3) is 3.64. The summed E-state index contributed by atoms with van der Waals surface area (Å²) in [5.41, 5.74) is 0. The van der Waals surface area contributed by atoms with E-state index in [1.54, 1.807) is 30.3 Å². The van der Waals surface area contributed by atoms with Crippen molar-refractivity contribution in [2.45, 2.75) is 43.3 Å². The van der Waals surface area contributed by atoms with Gasteiger partial charge in [0.05, 0.1) is 16.8 Å². The maximum absolute atomic E-state index is 12.2. The number of carbonyl (C=O) groups excluding carboxylic acids is 1. The van der Waals surface area contributed by atoms with Gasteiger partial charge < -0.3 is 4.74 Å². The highest BCUT2D eigenvalue weighted by atomic mass is 32.2. The summed E-state index contributed by atoms with van der Waals surface area (Å²) < 4.78 is 30.0. The fourth-order valence-electron chi connectivity index (χ4n) is 2.20. The van der Waals surface area contributed by atoms with Crippen molar-refractivity contribution in [1.29, 1.82) is 0 Å². The molecule has 0 unspecified atom stereocenters. The van der Waals surface area contributed by atoms with Gasteiger partial charge in [-0.1, -0.05) is 18.2 Å². The third-order valence-electron chi connectivity index (χ3n) is 3.26. The topological polar surface area (TPSA) is 60.4 Å². The van der Waals surface area contributed by atoms with Crippen LogP contribution in [0.5, 0.6) is 0 Å². The molecule has 1 aliphatic rings. The Kier molecular flexibility index (Phi) is 4.37. The SMILES string of the molecule is C[C@@H]1CCCC(=O)[C@H](CS(=O)(=O)c2ccccc2)O1. The van der Waals surface area contributed by atoms with Crippen molar-refractivity contribution in [2.75, 3.05) is 5.75 Å². The molecule has 1 heterocycles. The Hall–Kier alpha value is -1.20. The highest BCUT2D eigenvalue weighted by molar-refractivity contribution is 7.91. The average molecular weight is 282 g/mol. The molecule has 0 spiro atoms. The first-order valence-electron chi connectivity index (χ1n) is 6.45. The number of rotatable bonds is 3. The number of hydrogen-bond acceptors (Lipinski definition) is 4. The normalized spacial score (nSPS) is 25.0. The van der Waals surface area contributed by atoms with E-state index < -0.39 is 15.9 Å². The van der Waals surface area contributed by atoms with E-state index in [0.29, 0.717) is 6.42 Å². The van der Waals surface area contributed by atoms with Gasteiger partial charge in [0, 0.05) is 6.42 Å². The standard InChI is InChI=1S/C14H18O4S/c1-11-6-5-9-13(15)14(18-11)10-19(16,17)12-7-3-2-4-8-12/h2-4,7-8,11,14H,5-6,9-10H2,1H3/t11-,14+/m1/s1. The van der Waals surface area contributed by atoms with Crippen LogP contribution in [0.2, 0.25) is 0 Å². The number of sulfone groups is 1. The van der Waals surface area contributed by atoms with Crippen LogP contribution in [0.4, 0.5) is 0 Å². The highest BCUT2D eigenvalue weighted by Gasteiger charge is 2.30. The Morgan fingerprint density at radius 3 is 2.63 bits per heavy atom. The lowest BCUT2D eigenvalue weighted by Crippen LogP contribution is -2.33. The molecule has 19 heavy (non-hydrogen) atoms. The Balaban J connectivity index is 2.17. The van der Waals surface area contributed by atoms with E-state index in [1.165, 1.54) is 0 Å². The first-order chi connectivity index (χ1) is 8.99. The number of ether oxygens (including phenoxy) is 1. The first-order valence-corrected chi connectivity index (χ1v) is 8.10. The van der Waals surface area contributed by atoms with Gasteiger partial charge in [-0.2, -0.15) is 0 Å². The number of Topliss-reactive ketones (excluding diaryl/α,β-unsaturated/α-hetero) is 1. The fraction of sp³-hybridized carbons (Fsp3) is 0.500. The molecule has 2 atom stereocenters. The van der Waals surface area contributed by atoms with E-state index in [0.717, 1.165) is 12.8 Å². The second-order valence-corrected chi connectivity index (χ2v) is 6.92. The van der Waals surface area contributed by atoms with Crippen LogP contribution in [-0.2, 0) is 19.4 Å². The summed E-state index contributed by atoms with van der Waals surface area (Å²) >= 11 is 0. The predicted molar refractivity (Wildman–Crippen MR) is 71.7 cm³/mol. The molecule has 1 saturated heterocycles. The molecule has 0 N–H and O–H groups in total. The van der Waals surface area contributed by atoms with Crippen molar-refractivity contribution in [1.82, 2.24) is 0 Å². The van der Waals surface area contributed by atoms with Crippen LogP contribution in [-0.4, -0.2) is 32.2 Å². The molecular weight excluding hydrogens is 264 g/mol. The summed E-state index contributed by atoms with van der Waals surface area (Å²) in [6, 6.07) is 8.19. The Morgan fingerprint density at radius 1 is 1.26 bits per heavy atom. The molecule has 0 amide bonds. The minimum Gasteiger partial charge on any atom is -0.366 e. The van der Waals surface area contributed by atoms with Gasteiger partial charge in [-0.3, -0.25) is 4.79 Å². The number of carbonyl (C=O) groups is 1. The number of ketones is 1. The maximum atomic E-state index is 12.2. The van der Waals surface area contributed by atoms with Crippen LogP contribution in [0.3, 0.4) is 0 Å². The fourth-order valence-corrected chi connectivity index (χ4v) is 3.63. The van der Waals surface area contributed by atoms with Crippen molar-refractivity contribution in [3.8, 4) is 0 Å². The number of hydrogen-bond donors (Lipinski definition) is 0. The smallest absolute Gasteiger partial charge is 0.181 e. The summed E-state index contributed by atoms with van der Waals surface area (Å²) in [4.78, 5) is 12.1. The average Bonchev–Trinajstić information content (AvgIpc) is 2.52.